The first kappa shape index (κ1) is 13.1. The minimum atomic E-state index is 0.341. The van der Waals surface area contributed by atoms with Crippen LogP contribution in [0.15, 0.2) is 6.07 Å². The van der Waals surface area contributed by atoms with Crippen LogP contribution in [-0.2, 0) is 0 Å². The highest BCUT2D eigenvalue weighted by Gasteiger charge is 2.21. The Morgan fingerprint density at radius 3 is 2.80 bits per heavy atom. The summed E-state index contributed by atoms with van der Waals surface area (Å²) in [6, 6.07) is 2.86. The van der Waals surface area contributed by atoms with E-state index in [4.69, 9.17) is 5.73 Å². The Labute approximate surface area is 118 Å². The smallest absolute Gasteiger partial charge is 0.226 e. The van der Waals surface area contributed by atoms with Crippen molar-refractivity contribution in [3.8, 4) is 0 Å². The molecule has 6 nitrogen and oxygen atoms in total. The molecule has 0 amide bonds. The molecule has 0 aromatic carbocycles. The van der Waals surface area contributed by atoms with E-state index in [0.717, 1.165) is 29.6 Å². The molecule has 0 unspecified atom stereocenters. The van der Waals surface area contributed by atoms with Crippen LogP contribution in [0.4, 0.5) is 11.8 Å². The lowest BCUT2D eigenvalue weighted by Gasteiger charge is -2.13. The van der Waals surface area contributed by atoms with Gasteiger partial charge in [0.25, 0.3) is 0 Å². The van der Waals surface area contributed by atoms with E-state index in [-0.39, 0.29) is 0 Å². The molecule has 106 valence electrons. The molecule has 0 radical (unpaired) electrons. The van der Waals surface area contributed by atoms with Crippen LogP contribution in [0.5, 0.6) is 0 Å². The summed E-state index contributed by atoms with van der Waals surface area (Å²) in [4.78, 5) is 13.3. The zero-order chi connectivity index (χ0) is 14.3. The second-order valence-corrected chi connectivity index (χ2v) is 5.60. The molecule has 2 atom stereocenters. The van der Waals surface area contributed by atoms with Crippen molar-refractivity contribution in [2.45, 2.75) is 39.3 Å². The van der Waals surface area contributed by atoms with Crippen LogP contribution in [0.3, 0.4) is 0 Å². The average Bonchev–Trinajstić information content (AvgIpc) is 2.73. The topological polar surface area (TPSA) is 88.8 Å². The predicted octanol–water partition coefficient (Wildman–Crippen LogP) is 1.39. The van der Waals surface area contributed by atoms with Crippen molar-refractivity contribution in [3.63, 3.8) is 0 Å². The molecular formula is C14H20N6. The van der Waals surface area contributed by atoms with Crippen LogP contribution in [-0.4, -0.2) is 33.6 Å². The summed E-state index contributed by atoms with van der Waals surface area (Å²) in [7, 11) is 0. The quantitative estimate of drug-likeness (QED) is 0.765. The first-order valence-corrected chi connectivity index (χ1v) is 6.94. The number of hydrogen-bond acceptors (Lipinski definition) is 6. The fourth-order valence-corrected chi connectivity index (χ4v) is 2.80. The maximum Gasteiger partial charge on any atom is 0.226 e. The Morgan fingerprint density at radius 1 is 1.30 bits per heavy atom. The van der Waals surface area contributed by atoms with E-state index < -0.39 is 0 Å². The highest BCUT2D eigenvalue weighted by atomic mass is 15.2. The van der Waals surface area contributed by atoms with Gasteiger partial charge in [0, 0.05) is 24.3 Å². The molecule has 6 heteroatoms. The van der Waals surface area contributed by atoms with Gasteiger partial charge in [-0.3, -0.25) is 0 Å². The van der Waals surface area contributed by atoms with E-state index in [1.807, 2.05) is 19.9 Å². The van der Waals surface area contributed by atoms with Crippen molar-refractivity contribution >= 4 is 22.8 Å². The molecule has 4 N–H and O–H groups in total. The summed E-state index contributed by atoms with van der Waals surface area (Å²) in [6.07, 6.45) is 1.06. The van der Waals surface area contributed by atoms with Crippen LogP contribution in [0.2, 0.25) is 0 Å². The Kier molecular flexibility index (Phi) is 3.17. The van der Waals surface area contributed by atoms with Crippen LogP contribution >= 0.6 is 0 Å². The molecule has 1 saturated heterocycles. The summed E-state index contributed by atoms with van der Waals surface area (Å²) >= 11 is 0. The van der Waals surface area contributed by atoms with Crippen molar-refractivity contribution in [2.75, 3.05) is 17.6 Å². The Hall–Kier alpha value is -1.95. The lowest BCUT2D eigenvalue weighted by molar-refractivity contribution is 0.660. The maximum absolute atomic E-state index is 6.06. The summed E-state index contributed by atoms with van der Waals surface area (Å²) in [6.45, 7) is 7.06. The number of hydrogen-bond donors (Lipinski definition) is 3. The molecule has 0 spiro atoms. The van der Waals surface area contributed by atoms with Gasteiger partial charge < -0.3 is 16.4 Å². The number of aryl methyl sites for hydroxylation is 2. The monoisotopic (exact) mass is 272 g/mol. The van der Waals surface area contributed by atoms with E-state index in [1.54, 1.807) is 0 Å². The van der Waals surface area contributed by atoms with Gasteiger partial charge >= 0.3 is 0 Å². The molecule has 1 aliphatic rings. The predicted molar refractivity (Wildman–Crippen MR) is 80.7 cm³/mol. The van der Waals surface area contributed by atoms with Gasteiger partial charge in [0.2, 0.25) is 5.95 Å². The SMILES string of the molecule is Cc1cc(C)c2c(N)nc(N[C@H]3CN[C@H](C)C3)nc2n1. The number of nitrogen functional groups attached to an aromatic ring is 1. The van der Waals surface area contributed by atoms with Crippen molar-refractivity contribution in [3.05, 3.63) is 17.3 Å². The zero-order valence-electron chi connectivity index (χ0n) is 12.1. The molecule has 0 saturated carbocycles. The van der Waals surface area contributed by atoms with Crippen LogP contribution in [0, 0.1) is 13.8 Å². The van der Waals surface area contributed by atoms with Crippen molar-refractivity contribution < 1.29 is 0 Å². The standard InChI is InChI=1S/C14H20N6/c1-7-4-9(3)17-13-11(7)12(15)19-14(20-13)18-10-5-8(2)16-6-10/h4,8,10,16H,5-6H2,1-3H3,(H3,15,17,18,19,20)/t8-,10-/m1/s1. The summed E-state index contributed by atoms with van der Waals surface area (Å²) in [5, 5.41) is 7.58. The highest BCUT2D eigenvalue weighted by molar-refractivity contribution is 5.89. The molecule has 3 rings (SSSR count). The number of nitrogens with two attached hydrogens (primary N) is 1. The van der Waals surface area contributed by atoms with Gasteiger partial charge in [-0.05, 0) is 38.8 Å². The highest BCUT2D eigenvalue weighted by Crippen LogP contribution is 2.23. The van der Waals surface area contributed by atoms with Gasteiger partial charge in [0.05, 0.1) is 5.39 Å². The van der Waals surface area contributed by atoms with Crippen molar-refractivity contribution in [1.82, 2.24) is 20.3 Å². The molecule has 1 aliphatic heterocycles. The van der Waals surface area contributed by atoms with E-state index in [0.29, 0.717) is 29.5 Å². The van der Waals surface area contributed by atoms with Crippen molar-refractivity contribution in [2.24, 2.45) is 0 Å². The second kappa shape index (κ2) is 4.86. The number of rotatable bonds is 2. The third-order valence-corrected chi connectivity index (χ3v) is 3.70. The summed E-state index contributed by atoms with van der Waals surface area (Å²) in [5.41, 5.74) is 8.73. The van der Waals surface area contributed by atoms with E-state index >= 15 is 0 Å². The molecule has 20 heavy (non-hydrogen) atoms. The number of aromatic nitrogens is 3. The number of anilines is 2. The second-order valence-electron chi connectivity index (χ2n) is 5.60. The molecule has 3 heterocycles. The fourth-order valence-electron chi connectivity index (χ4n) is 2.80. The van der Waals surface area contributed by atoms with Gasteiger partial charge in [-0.15, -0.1) is 0 Å². The molecule has 2 aromatic rings. The minimum absolute atomic E-state index is 0.341. The van der Waals surface area contributed by atoms with Gasteiger partial charge in [-0.25, -0.2) is 4.98 Å². The number of nitrogens with zero attached hydrogens (tertiary/aromatic N) is 3. The van der Waals surface area contributed by atoms with Crippen LogP contribution in [0.1, 0.15) is 24.6 Å². The number of pyridine rings is 1. The first-order valence-electron chi connectivity index (χ1n) is 6.94. The molecule has 0 bridgehead atoms. The Balaban J connectivity index is 1.97. The molecule has 0 aliphatic carbocycles. The largest absolute Gasteiger partial charge is 0.383 e. The number of fused-ring (bicyclic) bond motifs is 1. The Bertz CT molecular complexity index is 654. The summed E-state index contributed by atoms with van der Waals surface area (Å²) < 4.78 is 0. The minimum Gasteiger partial charge on any atom is -0.383 e. The molecule has 1 fully saturated rings. The van der Waals surface area contributed by atoms with Crippen LogP contribution in [0.25, 0.3) is 11.0 Å². The van der Waals surface area contributed by atoms with Crippen molar-refractivity contribution in [1.29, 1.82) is 0 Å². The van der Waals surface area contributed by atoms with Gasteiger partial charge in [0.15, 0.2) is 5.65 Å². The van der Waals surface area contributed by atoms with E-state index in [1.165, 1.54) is 0 Å². The average molecular weight is 272 g/mol. The third-order valence-electron chi connectivity index (χ3n) is 3.70. The zero-order valence-corrected chi connectivity index (χ0v) is 12.1. The summed E-state index contributed by atoms with van der Waals surface area (Å²) in [5.74, 6) is 1.05. The number of nitrogens with one attached hydrogen (secondary N) is 2. The third kappa shape index (κ3) is 2.38. The van der Waals surface area contributed by atoms with E-state index in [2.05, 4.69) is 32.5 Å². The van der Waals surface area contributed by atoms with Gasteiger partial charge in [-0.1, -0.05) is 0 Å². The van der Waals surface area contributed by atoms with Gasteiger partial charge in [-0.2, -0.15) is 9.97 Å². The molecule has 2 aromatic heterocycles. The Morgan fingerprint density at radius 2 is 2.10 bits per heavy atom. The first-order chi connectivity index (χ1) is 9.52. The maximum atomic E-state index is 6.06. The van der Waals surface area contributed by atoms with Crippen LogP contribution < -0.4 is 16.4 Å². The normalized spacial score (nSPS) is 22.4. The lowest BCUT2D eigenvalue weighted by Crippen LogP contribution is -2.24. The van der Waals surface area contributed by atoms with E-state index in [9.17, 15) is 0 Å². The lowest BCUT2D eigenvalue weighted by atomic mass is 10.1. The van der Waals surface area contributed by atoms with Gasteiger partial charge in [0.1, 0.15) is 5.82 Å². The fraction of sp³-hybridized carbons (Fsp3) is 0.500. The molecular weight excluding hydrogens is 252 g/mol.